The third kappa shape index (κ3) is 4.80. The predicted octanol–water partition coefficient (Wildman–Crippen LogP) is 3.37. The predicted molar refractivity (Wildman–Crippen MR) is 116 cm³/mol. The molecule has 0 unspecified atom stereocenters. The molecule has 1 saturated carbocycles. The molecule has 9 heteroatoms. The van der Waals surface area contributed by atoms with Crippen molar-refractivity contribution in [3.05, 3.63) is 29.3 Å². The number of rotatable bonds is 4. The van der Waals surface area contributed by atoms with Crippen molar-refractivity contribution in [3.8, 4) is 6.07 Å². The normalized spacial score (nSPS) is 24.0. The van der Waals surface area contributed by atoms with Gasteiger partial charge in [0.1, 0.15) is 0 Å². The maximum atomic E-state index is 13.4. The summed E-state index contributed by atoms with van der Waals surface area (Å²) in [7, 11) is 3.47. The third-order valence-electron chi connectivity index (χ3n) is 7.30. The van der Waals surface area contributed by atoms with E-state index in [4.69, 9.17) is 5.26 Å². The first-order chi connectivity index (χ1) is 15.6. The fourth-order valence-electron chi connectivity index (χ4n) is 5.31. The van der Waals surface area contributed by atoms with Crippen LogP contribution in [0.4, 0.5) is 18.9 Å². The molecule has 1 aromatic carbocycles. The van der Waals surface area contributed by atoms with Crippen LogP contribution in [0.1, 0.15) is 36.8 Å². The van der Waals surface area contributed by atoms with Crippen LogP contribution in [-0.2, 0) is 15.8 Å². The zero-order valence-corrected chi connectivity index (χ0v) is 18.9. The Morgan fingerprint density at radius 1 is 1.09 bits per heavy atom. The van der Waals surface area contributed by atoms with E-state index >= 15 is 0 Å². The molecule has 2 aliphatic heterocycles. The van der Waals surface area contributed by atoms with Gasteiger partial charge in [-0.05, 0) is 55.7 Å². The Balaban J connectivity index is 1.46. The highest BCUT2D eigenvalue weighted by molar-refractivity contribution is 5.84. The van der Waals surface area contributed by atoms with Gasteiger partial charge in [0.05, 0.1) is 23.1 Å². The summed E-state index contributed by atoms with van der Waals surface area (Å²) >= 11 is 0. The van der Waals surface area contributed by atoms with Gasteiger partial charge < -0.3 is 14.7 Å². The Kier molecular flexibility index (Phi) is 6.30. The van der Waals surface area contributed by atoms with E-state index in [-0.39, 0.29) is 41.0 Å². The molecule has 0 N–H and O–H groups in total. The van der Waals surface area contributed by atoms with Crippen molar-refractivity contribution in [1.29, 1.82) is 5.26 Å². The molecule has 2 amide bonds. The third-order valence-corrected chi connectivity index (χ3v) is 7.30. The molecule has 4 rings (SSSR count). The summed E-state index contributed by atoms with van der Waals surface area (Å²) < 4.78 is 40.1. The number of hydrogen-bond acceptors (Lipinski definition) is 4. The van der Waals surface area contributed by atoms with Crippen molar-refractivity contribution >= 4 is 17.5 Å². The van der Waals surface area contributed by atoms with Crippen molar-refractivity contribution in [3.63, 3.8) is 0 Å². The summed E-state index contributed by atoms with van der Waals surface area (Å²) in [5.74, 6) is 0.370. The number of piperidine rings is 1. The Morgan fingerprint density at radius 3 is 2.30 bits per heavy atom. The number of likely N-dealkylation sites (tertiary alicyclic amines) is 1. The smallest absolute Gasteiger partial charge is 0.372 e. The molecular formula is C24H29F3N4O2. The lowest BCUT2D eigenvalue weighted by Gasteiger charge is -2.38. The van der Waals surface area contributed by atoms with Gasteiger partial charge in [-0.15, -0.1) is 0 Å². The van der Waals surface area contributed by atoms with Crippen molar-refractivity contribution in [2.24, 2.45) is 23.7 Å². The lowest BCUT2D eigenvalue weighted by atomic mass is 9.78. The van der Waals surface area contributed by atoms with Crippen LogP contribution in [0.25, 0.3) is 0 Å². The molecule has 2 saturated heterocycles. The summed E-state index contributed by atoms with van der Waals surface area (Å²) in [5, 5.41) is 9.02. The first-order valence-corrected chi connectivity index (χ1v) is 11.5. The molecular weight excluding hydrogens is 433 g/mol. The molecule has 2 atom stereocenters. The molecule has 0 spiro atoms. The van der Waals surface area contributed by atoms with E-state index in [0.29, 0.717) is 31.9 Å². The average molecular weight is 463 g/mol. The number of alkyl halides is 3. The molecule has 6 nitrogen and oxygen atoms in total. The first kappa shape index (κ1) is 23.4. The molecule has 1 aliphatic carbocycles. The van der Waals surface area contributed by atoms with Gasteiger partial charge in [-0.25, -0.2) is 0 Å². The lowest BCUT2D eigenvalue weighted by Crippen LogP contribution is -2.41. The Morgan fingerprint density at radius 2 is 1.76 bits per heavy atom. The number of nitrogens with zero attached hydrogens (tertiary/aromatic N) is 4. The lowest BCUT2D eigenvalue weighted by molar-refractivity contribution is -0.138. The van der Waals surface area contributed by atoms with Crippen LogP contribution in [0.5, 0.6) is 0 Å². The monoisotopic (exact) mass is 462 g/mol. The van der Waals surface area contributed by atoms with Crippen molar-refractivity contribution in [1.82, 2.24) is 9.80 Å². The minimum Gasteiger partial charge on any atom is -0.372 e. The summed E-state index contributed by atoms with van der Waals surface area (Å²) in [4.78, 5) is 30.9. The van der Waals surface area contributed by atoms with E-state index in [1.807, 2.05) is 9.80 Å². The van der Waals surface area contributed by atoms with Crippen LogP contribution >= 0.6 is 0 Å². The number of amides is 2. The van der Waals surface area contributed by atoms with Crippen molar-refractivity contribution in [2.45, 2.75) is 31.9 Å². The number of carbonyl (C=O) groups excluding carboxylic acids is 2. The van der Waals surface area contributed by atoms with Crippen molar-refractivity contribution < 1.29 is 22.8 Å². The SMILES string of the molecule is CN(C)C(=O)[C@@H]1CN(C(=O)C2CC2)C[C@H]1C1CCN(c2ccc(C#N)c(C(F)(F)F)c2)CC1. The molecule has 0 aromatic heterocycles. The number of benzene rings is 1. The molecule has 33 heavy (non-hydrogen) atoms. The van der Waals surface area contributed by atoms with Crippen LogP contribution in [0.15, 0.2) is 18.2 Å². The highest BCUT2D eigenvalue weighted by atomic mass is 19.4. The maximum absolute atomic E-state index is 13.4. The number of anilines is 1. The van der Waals surface area contributed by atoms with Crippen LogP contribution < -0.4 is 4.90 Å². The summed E-state index contributed by atoms with van der Waals surface area (Å²) in [6.45, 7) is 2.19. The fraction of sp³-hybridized carbons (Fsp3) is 0.625. The Hall–Kier alpha value is -2.76. The molecule has 0 bridgehead atoms. The second kappa shape index (κ2) is 8.88. The van der Waals surface area contributed by atoms with Crippen LogP contribution in [0, 0.1) is 35.0 Å². The summed E-state index contributed by atoms with van der Waals surface area (Å²) in [6.07, 6.45) is -1.24. The number of hydrogen-bond donors (Lipinski definition) is 0. The number of carbonyl (C=O) groups is 2. The molecule has 1 aromatic rings. The number of nitriles is 1. The van der Waals surface area contributed by atoms with Gasteiger partial charge in [0.2, 0.25) is 11.8 Å². The topological polar surface area (TPSA) is 67.7 Å². The largest absolute Gasteiger partial charge is 0.417 e. The van der Waals surface area contributed by atoms with Crippen LogP contribution in [-0.4, -0.2) is 61.9 Å². The zero-order chi connectivity index (χ0) is 23.9. The van der Waals surface area contributed by atoms with Crippen molar-refractivity contribution in [2.75, 3.05) is 45.2 Å². The standard InChI is InChI=1S/C24H29F3N4O2/c1-29(2)23(33)20-14-31(22(32)16-3-4-16)13-19(20)15-7-9-30(10-8-15)18-6-5-17(12-28)21(11-18)24(25,26)27/h5-6,11,15-16,19-20H,3-4,7-10,13-14H2,1-2H3/t19-,20+/m0/s1. The van der Waals surface area contributed by atoms with Gasteiger partial charge in [0.25, 0.3) is 0 Å². The summed E-state index contributed by atoms with van der Waals surface area (Å²) in [5.41, 5.74) is -0.832. The minimum atomic E-state index is -4.58. The minimum absolute atomic E-state index is 0.0374. The van der Waals surface area contributed by atoms with Gasteiger partial charge in [0, 0.05) is 51.9 Å². The Labute approximate surface area is 191 Å². The van der Waals surface area contributed by atoms with Crippen LogP contribution in [0.2, 0.25) is 0 Å². The molecule has 0 radical (unpaired) electrons. The average Bonchev–Trinajstić information content (AvgIpc) is 3.55. The molecule has 3 fully saturated rings. The van der Waals surface area contributed by atoms with Gasteiger partial charge in [-0.3, -0.25) is 9.59 Å². The van der Waals surface area contributed by atoms with E-state index < -0.39 is 11.7 Å². The van der Waals surface area contributed by atoms with E-state index in [1.54, 1.807) is 31.1 Å². The number of halogens is 3. The quantitative estimate of drug-likeness (QED) is 0.688. The van der Waals surface area contributed by atoms with E-state index in [0.717, 1.165) is 31.7 Å². The van der Waals surface area contributed by atoms with E-state index in [2.05, 4.69) is 0 Å². The second-order valence-corrected chi connectivity index (χ2v) is 9.68. The second-order valence-electron chi connectivity index (χ2n) is 9.68. The van der Waals surface area contributed by atoms with Crippen LogP contribution in [0.3, 0.4) is 0 Å². The van der Waals surface area contributed by atoms with Gasteiger partial charge >= 0.3 is 6.18 Å². The van der Waals surface area contributed by atoms with Gasteiger partial charge in [-0.2, -0.15) is 18.4 Å². The first-order valence-electron chi connectivity index (χ1n) is 11.5. The molecule has 3 aliphatic rings. The van der Waals surface area contributed by atoms with Gasteiger partial charge in [0.15, 0.2) is 0 Å². The Bertz CT molecular complexity index is 959. The highest BCUT2D eigenvalue weighted by Crippen LogP contribution is 2.41. The maximum Gasteiger partial charge on any atom is 0.417 e. The van der Waals surface area contributed by atoms with E-state index in [1.165, 1.54) is 6.07 Å². The highest BCUT2D eigenvalue weighted by Gasteiger charge is 2.46. The van der Waals surface area contributed by atoms with E-state index in [9.17, 15) is 22.8 Å². The zero-order valence-electron chi connectivity index (χ0n) is 18.9. The molecule has 178 valence electrons. The summed E-state index contributed by atoms with van der Waals surface area (Å²) in [6, 6.07) is 5.48. The fourth-order valence-corrected chi connectivity index (χ4v) is 5.31. The van der Waals surface area contributed by atoms with Gasteiger partial charge in [-0.1, -0.05) is 0 Å². The molecule has 2 heterocycles.